The fraction of sp³-hybridized carbons (Fsp3) is 0.200. The highest BCUT2D eigenvalue weighted by molar-refractivity contribution is 5.92. The molecule has 10 heteroatoms. The molecule has 0 unspecified atom stereocenters. The molecule has 0 bridgehead atoms. The molecule has 1 fully saturated rings. The largest absolute Gasteiger partial charge is 0.416 e. The normalized spacial score (nSPS) is 14.5. The van der Waals surface area contributed by atoms with Crippen LogP contribution in [0.5, 0.6) is 0 Å². The molecule has 1 N–H and O–H groups in total. The van der Waals surface area contributed by atoms with E-state index in [1.54, 1.807) is 18.3 Å². The Hall–Kier alpha value is -3.56. The Bertz CT molecular complexity index is 1120. The zero-order valence-corrected chi connectivity index (χ0v) is 15.4. The van der Waals surface area contributed by atoms with Gasteiger partial charge in [0.05, 0.1) is 17.0 Å². The van der Waals surface area contributed by atoms with Gasteiger partial charge in [0.1, 0.15) is 5.82 Å². The maximum absolute atomic E-state index is 12.9. The van der Waals surface area contributed by atoms with Crippen molar-refractivity contribution in [3.05, 3.63) is 60.6 Å². The average Bonchev–Trinajstić information content (AvgIpc) is 2.69. The van der Waals surface area contributed by atoms with Crippen LogP contribution in [0.1, 0.15) is 5.56 Å². The Kier molecular flexibility index (Phi) is 4.84. The standard InChI is InChI=1S/C20H15F4N5O/c1-11(21)19(30)26-14-9-29(10-14)18-15-3-2-8-25-17(15)27-16(28-18)12-4-6-13(7-5-12)20(22,23)24/h2-8,14H,1,9-10H2,(H,26,30). The number of nitrogens with zero attached hydrogens (tertiary/aromatic N) is 4. The van der Waals surface area contributed by atoms with Crippen molar-refractivity contribution in [3.63, 3.8) is 0 Å². The van der Waals surface area contributed by atoms with Gasteiger partial charge in [-0.05, 0) is 24.3 Å². The molecule has 1 aromatic carbocycles. The van der Waals surface area contributed by atoms with Crippen LogP contribution in [0, 0.1) is 0 Å². The summed E-state index contributed by atoms with van der Waals surface area (Å²) in [7, 11) is 0. The molecule has 1 aliphatic rings. The average molecular weight is 417 g/mol. The molecule has 6 nitrogen and oxygen atoms in total. The number of rotatable bonds is 4. The number of amides is 1. The first-order chi connectivity index (χ1) is 14.2. The van der Waals surface area contributed by atoms with E-state index in [0.717, 1.165) is 12.1 Å². The molecule has 0 aliphatic carbocycles. The molecular formula is C20H15F4N5O. The van der Waals surface area contributed by atoms with Crippen molar-refractivity contribution < 1.29 is 22.4 Å². The summed E-state index contributed by atoms with van der Waals surface area (Å²) in [6, 6.07) is 7.79. The Morgan fingerprint density at radius 3 is 2.47 bits per heavy atom. The molecule has 0 spiro atoms. The van der Waals surface area contributed by atoms with Crippen LogP contribution in [0.2, 0.25) is 0 Å². The second kappa shape index (κ2) is 7.36. The number of aromatic nitrogens is 3. The van der Waals surface area contributed by atoms with Crippen molar-refractivity contribution in [2.24, 2.45) is 0 Å². The third-order valence-electron chi connectivity index (χ3n) is 4.68. The van der Waals surface area contributed by atoms with E-state index in [2.05, 4.69) is 26.8 Å². The SMILES string of the molecule is C=C(F)C(=O)NC1CN(c2nc(-c3ccc(C(F)(F)F)cc3)nc3ncccc23)C1. The minimum absolute atomic E-state index is 0.231. The minimum atomic E-state index is -4.43. The fourth-order valence-corrected chi connectivity index (χ4v) is 3.13. The highest BCUT2D eigenvalue weighted by Gasteiger charge is 2.32. The summed E-state index contributed by atoms with van der Waals surface area (Å²) >= 11 is 0. The fourth-order valence-electron chi connectivity index (χ4n) is 3.13. The highest BCUT2D eigenvalue weighted by Crippen LogP contribution is 2.32. The van der Waals surface area contributed by atoms with Gasteiger partial charge in [-0.25, -0.2) is 19.3 Å². The van der Waals surface area contributed by atoms with Gasteiger partial charge < -0.3 is 10.2 Å². The number of hydrogen-bond donors (Lipinski definition) is 1. The molecule has 0 saturated carbocycles. The van der Waals surface area contributed by atoms with Crippen molar-refractivity contribution in [1.29, 1.82) is 0 Å². The lowest BCUT2D eigenvalue weighted by Gasteiger charge is -2.40. The molecule has 3 heterocycles. The maximum atomic E-state index is 12.9. The maximum Gasteiger partial charge on any atom is 0.416 e. The van der Waals surface area contributed by atoms with Gasteiger partial charge in [0, 0.05) is 24.8 Å². The van der Waals surface area contributed by atoms with Crippen molar-refractivity contribution in [1.82, 2.24) is 20.3 Å². The third kappa shape index (κ3) is 3.80. The lowest BCUT2D eigenvalue weighted by atomic mass is 10.1. The van der Waals surface area contributed by atoms with Gasteiger partial charge in [0.15, 0.2) is 17.3 Å². The molecule has 1 amide bonds. The number of nitrogens with one attached hydrogen (secondary N) is 1. The van der Waals surface area contributed by atoms with Gasteiger partial charge in [0.2, 0.25) is 0 Å². The zero-order chi connectivity index (χ0) is 21.5. The Morgan fingerprint density at radius 1 is 1.13 bits per heavy atom. The first-order valence-corrected chi connectivity index (χ1v) is 8.93. The monoisotopic (exact) mass is 417 g/mol. The molecular weight excluding hydrogens is 402 g/mol. The lowest BCUT2D eigenvalue weighted by molar-refractivity contribution is -0.137. The summed E-state index contributed by atoms with van der Waals surface area (Å²) < 4.78 is 51.3. The molecule has 154 valence electrons. The molecule has 3 aromatic rings. The highest BCUT2D eigenvalue weighted by atomic mass is 19.4. The smallest absolute Gasteiger partial charge is 0.352 e. The third-order valence-corrected chi connectivity index (χ3v) is 4.68. The first-order valence-electron chi connectivity index (χ1n) is 8.93. The number of benzene rings is 1. The van der Waals surface area contributed by atoms with Crippen LogP contribution in [-0.4, -0.2) is 40.0 Å². The van der Waals surface area contributed by atoms with Crippen LogP contribution in [0.25, 0.3) is 22.4 Å². The summed E-state index contributed by atoms with van der Waals surface area (Å²) in [4.78, 5) is 26.4. The van der Waals surface area contributed by atoms with Crippen molar-refractivity contribution in [3.8, 4) is 11.4 Å². The second-order valence-electron chi connectivity index (χ2n) is 6.80. The van der Waals surface area contributed by atoms with E-state index < -0.39 is 23.5 Å². The van der Waals surface area contributed by atoms with E-state index in [1.165, 1.54) is 12.1 Å². The summed E-state index contributed by atoms with van der Waals surface area (Å²) in [5.41, 5.74) is 0.0408. The molecule has 2 aromatic heterocycles. The Morgan fingerprint density at radius 2 is 1.83 bits per heavy atom. The van der Waals surface area contributed by atoms with E-state index in [4.69, 9.17) is 0 Å². The van der Waals surface area contributed by atoms with E-state index in [9.17, 15) is 22.4 Å². The number of anilines is 1. The van der Waals surface area contributed by atoms with Gasteiger partial charge in [-0.15, -0.1) is 0 Å². The number of halogens is 4. The first kappa shape index (κ1) is 19.7. The molecule has 1 aliphatic heterocycles. The Labute approximate surface area is 168 Å². The van der Waals surface area contributed by atoms with Crippen LogP contribution in [-0.2, 0) is 11.0 Å². The predicted molar refractivity (Wildman–Crippen MR) is 102 cm³/mol. The molecule has 0 radical (unpaired) electrons. The summed E-state index contributed by atoms with van der Waals surface area (Å²) in [5, 5.41) is 3.17. The number of hydrogen-bond acceptors (Lipinski definition) is 5. The number of carbonyl (C=O) groups is 1. The van der Waals surface area contributed by atoms with Gasteiger partial charge in [0.25, 0.3) is 5.91 Å². The minimum Gasteiger partial charge on any atom is -0.352 e. The number of pyridine rings is 1. The van der Waals surface area contributed by atoms with Crippen LogP contribution in [0.15, 0.2) is 55.0 Å². The van der Waals surface area contributed by atoms with Crippen LogP contribution < -0.4 is 10.2 Å². The summed E-state index contributed by atoms with van der Waals surface area (Å²) in [6.45, 7) is 3.72. The summed E-state index contributed by atoms with van der Waals surface area (Å²) in [5.74, 6) is -1.16. The lowest BCUT2D eigenvalue weighted by Crippen LogP contribution is -2.59. The Balaban J connectivity index is 1.64. The zero-order valence-electron chi connectivity index (χ0n) is 15.4. The van der Waals surface area contributed by atoms with Gasteiger partial charge in [-0.2, -0.15) is 13.2 Å². The topological polar surface area (TPSA) is 71.0 Å². The van der Waals surface area contributed by atoms with E-state index in [-0.39, 0.29) is 11.9 Å². The van der Waals surface area contributed by atoms with E-state index in [1.807, 2.05) is 4.90 Å². The van der Waals surface area contributed by atoms with Crippen LogP contribution in [0.3, 0.4) is 0 Å². The predicted octanol–water partition coefficient (Wildman–Crippen LogP) is 3.50. The van der Waals surface area contributed by atoms with Gasteiger partial charge >= 0.3 is 6.18 Å². The molecule has 4 rings (SSSR count). The number of alkyl halides is 3. The van der Waals surface area contributed by atoms with Gasteiger partial charge in [-0.3, -0.25) is 4.79 Å². The number of carbonyl (C=O) groups excluding carboxylic acids is 1. The van der Waals surface area contributed by atoms with E-state index >= 15 is 0 Å². The van der Waals surface area contributed by atoms with Crippen LogP contribution in [0.4, 0.5) is 23.4 Å². The van der Waals surface area contributed by atoms with Crippen LogP contribution >= 0.6 is 0 Å². The molecule has 1 saturated heterocycles. The quantitative estimate of drug-likeness (QED) is 0.520. The molecule has 30 heavy (non-hydrogen) atoms. The van der Waals surface area contributed by atoms with Gasteiger partial charge in [-0.1, -0.05) is 18.7 Å². The van der Waals surface area contributed by atoms with Crippen molar-refractivity contribution in [2.45, 2.75) is 12.2 Å². The number of fused-ring (bicyclic) bond motifs is 1. The molecule has 0 atom stereocenters. The van der Waals surface area contributed by atoms with Crippen molar-refractivity contribution in [2.75, 3.05) is 18.0 Å². The van der Waals surface area contributed by atoms with E-state index in [0.29, 0.717) is 35.5 Å². The van der Waals surface area contributed by atoms with Crippen molar-refractivity contribution >= 4 is 22.8 Å². The second-order valence-corrected chi connectivity index (χ2v) is 6.80. The summed E-state index contributed by atoms with van der Waals surface area (Å²) in [6.07, 6.45) is -2.88.